The van der Waals surface area contributed by atoms with Crippen LogP contribution in [0.1, 0.15) is 32.8 Å². The van der Waals surface area contributed by atoms with Crippen molar-refractivity contribution < 1.29 is 22.7 Å². The third-order valence-electron chi connectivity index (χ3n) is 4.69. The maximum Gasteiger partial charge on any atom is 0.421 e. The van der Waals surface area contributed by atoms with Crippen LogP contribution in [0.25, 0.3) is 0 Å². The van der Waals surface area contributed by atoms with E-state index in [4.69, 9.17) is 4.74 Å². The summed E-state index contributed by atoms with van der Waals surface area (Å²) in [5.74, 6) is -0.432. The van der Waals surface area contributed by atoms with E-state index in [-0.39, 0.29) is 18.6 Å². The Labute approximate surface area is 151 Å². The zero-order valence-corrected chi connectivity index (χ0v) is 15.6. The molecule has 1 aromatic rings. The van der Waals surface area contributed by atoms with E-state index in [1.165, 1.54) is 12.3 Å². The lowest BCUT2D eigenvalue weighted by molar-refractivity contribution is -0.139. The number of carbonyl (C=O) groups is 1. The minimum atomic E-state index is -4.56. The molecule has 8 heteroatoms. The molecule has 26 heavy (non-hydrogen) atoms. The molecule has 1 aliphatic heterocycles. The molecule has 0 bridgehead atoms. The topological polar surface area (TPSA) is 54.5 Å². The summed E-state index contributed by atoms with van der Waals surface area (Å²) >= 11 is 0. The standard InChI is InChI=1S/C18H26F3N3O2/c1-12-10-24(4)9-7-14(12)23-16(25)17(2,3)11-26-15-13(18(19,20)21)6-5-8-22-15/h5-6,8,12,14H,7,9-11H2,1-4H3,(H,23,25)/t12-,14-/m1/s1. The molecule has 5 nitrogen and oxygen atoms in total. The van der Waals surface area contributed by atoms with Crippen LogP contribution in [0.15, 0.2) is 18.3 Å². The number of aromatic nitrogens is 1. The number of amides is 1. The van der Waals surface area contributed by atoms with Crippen molar-refractivity contribution in [2.75, 3.05) is 26.7 Å². The van der Waals surface area contributed by atoms with Gasteiger partial charge < -0.3 is 15.0 Å². The fraction of sp³-hybridized carbons (Fsp3) is 0.667. The number of likely N-dealkylation sites (tertiary alicyclic amines) is 1. The fourth-order valence-electron chi connectivity index (χ4n) is 2.97. The lowest BCUT2D eigenvalue weighted by Gasteiger charge is -2.37. The third-order valence-corrected chi connectivity index (χ3v) is 4.69. The van der Waals surface area contributed by atoms with Crippen LogP contribution >= 0.6 is 0 Å². The van der Waals surface area contributed by atoms with Crippen LogP contribution in [0.5, 0.6) is 5.88 Å². The molecule has 2 rings (SSSR count). The van der Waals surface area contributed by atoms with Gasteiger partial charge in [0.05, 0.1) is 5.41 Å². The number of hydrogen-bond donors (Lipinski definition) is 1. The Hall–Kier alpha value is -1.83. The summed E-state index contributed by atoms with van der Waals surface area (Å²) in [5, 5.41) is 3.02. The highest BCUT2D eigenvalue weighted by Gasteiger charge is 2.37. The van der Waals surface area contributed by atoms with Gasteiger partial charge in [-0.15, -0.1) is 0 Å². The van der Waals surface area contributed by atoms with E-state index < -0.39 is 23.0 Å². The maximum absolute atomic E-state index is 13.0. The molecule has 0 saturated carbocycles. The van der Waals surface area contributed by atoms with Crippen molar-refractivity contribution in [2.24, 2.45) is 11.3 Å². The zero-order chi connectivity index (χ0) is 19.5. The molecule has 2 atom stereocenters. The van der Waals surface area contributed by atoms with Gasteiger partial charge in [0.15, 0.2) is 0 Å². The number of nitrogens with one attached hydrogen (secondary N) is 1. The SMILES string of the molecule is C[C@@H]1CN(C)CC[C@H]1NC(=O)C(C)(C)COc1ncccc1C(F)(F)F. The van der Waals surface area contributed by atoms with Gasteiger partial charge >= 0.3 is 6.18 Å². The Balaban J connectivity index is 1.99. The molecule has 2 heterocycles. The summed E-state index contributed by atoms with van der Waals surface area (Å²) in [7, 11) is 2.04. The van der Waals surface area contributed by atoms with Gasteiger partial charge in [0.25, 0.3) is 0 Å². The molecular formula is C18H26F3N3O2. The van der Waals surface area contributed by atoms with Gasteiger partial charge in [-0.05, 0) is 51.9 Å². The molecule has 0 unspecified atom stereocenters. The summed E-state index contributed by atoms with van der Waals surface area (Å²) in [4.78, 5) is 18.5. The molecule has 1 aliphatic rings. The van der Waals surface area contributed by atoms with E-state index in [2.05, 4.69) is 22.1 Å². The first-order valence-electron chi connectivity index (χ1n) is 8.65. The molecule has 1 aromatic heterocycles. The highest BCUT2D eigenvalue weighted by molar-refractivity contribution is 5.82. The highest BCUT2D eigenvalue weighted by Crippen LogP contribution is 2.35. The van der Waals surface area contributed by atoms with Crippen LogP contribution < -0.4 is 10.1 Å². The minimum Gasteiger partial charge on any atom is -0.476 e. The lowest BCUT2D eigenvalue weighted by Crippen LogP contribution is -2.52. The number of hydrogen-bond acceptors (Lipinski definition) is 4. The second-order valence-corrected chi connectivity index (χ2v) is 7.63. The number of pyridine rings is 1. The van der Waals surface area contributed by atoms with Crippen molar-refractivity contribution in [1.29, 1.82) is 0 Å². The van der Waals surface area contributed by atoms with Crippen LogP contribution in [-0.4, -0.2) is 48.6 Å². The van der Waals surface area contributed by atoms with E-state index in [0.29, 0.717) is 5.92 Å². The predicted molar refractivity (Wildman–Crippen MR) is 91.7 cm³/mol. The molecule has 0 radical (unpaired) electrons. The second kappa shape index (κ2) is 7.82. The monoisotopic (exact) mass is 373 g/mol. The van der Waals surface area contributed by atoms with Crippen molar-refractivity contribution in [2.45, 2.75) is 39.4 Å². The summed E-state index contributed by atoms with van der Waals surface area (Å²) in [6.07, 6.45) is -2.48. The first kappa shape index (κ1) is 20.5. The smallest absolute Gasteiger partial charge is 0.421 e. The maximum atomic E-state index is 13.0. The average Bonchev–Trinajstić information content (AvgIpc) is 2.55. The van der Waals surface area contributed by atoms with Gasteiger partial charge in [-0.1, -0.05) is 6.92 Å². The van der Waals surface area contributed by atoms with Gasteiger partial charge in [0, 0.05) is 18.8 Å². The van der Waals surface area contributed by atoms with Crippen molar-refractivity contribution >= 4 is 5.91 Å². The van der Waals surface area contributed by atoms with E-state index >= 15 is 0 Å². The van der Waals surface area contributed by atoms with Gasteiger partial charge in [0.2, 0.25) is 11.8 Å². The van der Waals surface area contributed by atoms with Crippen LogP contribution in [-0.2, 0) is 11.0 Å². The Kier molecular flexibility index (Phi) is 6.16. The molecule has 1 saturated heterocycles. The molecule has 1 N–H and O–H groups in total. The number of nitrogens with zero attached hydrogens (tertiary/aromatic N) is 2. The average molecular weight is 373 g/mol. The van der Waals surface area contributed by atoms with Crippen molar-refractivity contribution in [1.82, 2.24) is 15.2 Å². The number of ether oxygens (including phenoxy) is 1. The third kappa shape index (κ3) is 5.09. The van der Waals surface area contributed by atoms with E-state index in [1.807, 2.05) is 7.05 Å². The highest BCUT2D eigenvalue weighted by atomic mass is 19.4. The quantitative estimate of drug-likeness (QED) is 0.862. The van der Waals surface area contributed by atoms with Crippen LogP contribution in [0.3, 0.4) is 0 Å². The summed E-state index contributed by atoms with van der Waals surface area (Å²) in [6, 6.07) is 2.17. The minimum absolute atomic E-state index is 0.0542. The van der Waals surface area contributed by atoms with E-state index in [9.17, 15) is 18.0 Å². The Morgan fingerprint density at radius 3 is 2.73 bits per heavy atom. The number of alkyl halides is 3. The number of halogens is 3. The first-order chi connectivity index (χ1) is 12.0. The zero-order valence-electron chi connectivity index (χ0n) is 15.6. The first-order valence-corrected chi connectivity index (χ1v) is 8.65. The molecule has 0 spiro atoms. The molecular weight excluding hydrogens is 347 g/mol. The van der Waals surface area contributed by atoms with Crippen LogP contribution in [0.4, 0.5) is 13.2 Å². The van der Waals surface area contributed by atoms with E-state index in [0.717, 1.165) is 25.6 Å². The van der Waals surface area contributed by atoms with Crippen molar-refractivity contribution in [3.63, 3.8) is 0 Å². The predicted octanol–water partition coefficient (Wildman–Crippen LogP) is 2.96. The number of piperidine rings is 1. The molecule has 1 amide bonds. The summed E-state index contributed by atoms with van der Waals surface area (Å²) < 4.78 is 44.3. The van der Waals surface area contributed by atoms with Gasteiger partial charge in [-0.25, -0.2) is 4.98 Å². The van der Waals surface area contributed by atoms with Crippen molar-refractivity contribution in [3.8, 4) is 5.88 Å². The molecule has 0 aromatic carbocycles. The van der Waals surface area contributed by atoms with Gasteiger partial charge in [0.1, 0.15) is 12.2 Å². The van der Waals surface area contributed by atoms with E-state index in [1.54, 1.807) is 13.8 Å². The van der Waals surface area contributed by atoms with Gasteiger partial charge in [-0.2, -0.15) is 13.2 Å². The number of rotatable bonds is 5. The lowest BCUT2D eigenvalue weighted by atomic mass is 9.89. The fourth-order valence-corrected chi connectivity index (χ4v) is 2.97. The summed E-state index contributed by atoms with van der Waals surface area (Å²) in [5.41, 5.74) is -1.93. The normalized spacial score (nSPS) is 22.1. The Bertz CT molecular complexity index is 634. The van der Waals surface area contributed by atoms with Crippen LogP contribution in [0, 0.1) is 11.3 Å². The Morgan fingerprint density at radius 2 is 2.12 bits per heavy atom. The summed E-state index contributed by atoms with van der Waals surface area (Å²) in [6.45, 7) is 6.98. The molecule has 1 fully saturated rings. The van der Waals surface area contributed by atoms with Crippen molar-refractivity contribution in [3.05, 3.63) is 23.9 Å². The number of carbonyl (C=O) groups excluding carboxylic acids is 1. The second-order valence-electron chi connectivity index (χ2n) is 7.63. The molecule has 146 valence electrons. The van der Waals surface area contributed by atoms with Gasteiger partial charge in [-0.3, -0.25) is 4.79 Å². The Morgan fingerprint density at radius 1 is 1.42 bits per heavy atom. The molecule has 0 aliphatic carbocycles. The van der Waals surface area contributed by atoms with Crippen LogP contribution in [0.2, 0.25) is 0 Å². The largest absolute Gasteiger partial charge is 0.476 e.